The zero-order valence-electron chi connectivity index (χ0n) is 37.1. The van der Waals surface area contributed by atoms with E-state index in [1.807, 2.05) is 41.5 Å². The van der Waals surface area contributed by atoms with Crippen molar-refractivity contribution in [2.45, 2.75) is 219 Å². The van der Waals surface area contributed by atoms with E-state index < -0.39 is 64.8 Å². The molecule has 0 aromatic heterocycles. The molecule has 5 rings (SSSR count). The number of Topliss-reactive ketones (excluding diaryl/α,β-unsaturated/α-hetero) is 1. The highest BCUT2D eigenvalue weighted by Crippen LogP contribution is 2.54. The summed E-state index contributed by atoms with van der Waals surface area (Å²) in [7, 11) is 0. The molecule has 0 radical (unpaired) electrons. The molecule has 4 fully saturated rings. The van der Waals surface area contributed by atoms with E-state index in [4.69, 9.17) is 23.7 Å². The summed E-state index contributed by atoms with van der Waals surface area (Å²) in [6.45, 7) is 23.1. The maximum atomic E-state index is 14.6. The number of rotatable bonds is 16. The monoisotopic (exact) mass is 806 g/mol. The molecule has 328 valence electrons. The molecular weight excluding hydrogens is 727 g/mol. The quantitative estimate of drug-likeness (QED) is 0.0902. The lowest BCUT2D eigenvalue weighted by molar-refractivity contribution is -0.398. The average Bonchev–Trinajstić information content (AvgIpc) is 3.52. The molecule has 18 atom stereocenters. The number of unbranched alkanes of at least 4 members (excludes halogenated alkanes) is 1. The molecule has 11 heteroatoms. The number of carboxylic acids is 1. The molecule has 2 spiro atoms. The summed E-state index contributed by atoms with van der Waals surface area (Å²) < 4.78 is 34.7. The van der Waals surface area contributed by atoms with Crippen LogP contribution in [0.1, 0.15) is 153 Å². The minimum atomic E-state index is -1.13. The van der Waals surface area contributed by atoms with Crippen LogP contribution in [0.2, 0.25) is 0 Å². The number of carbonyl (C=O) groups excluding carboxylic acids is 1. The van der Waals surface area contributed by atoms with Gasteiger partial charge in [-0.3, -0.25) is 9.59 Å². The second-order valence-electron chi connectivity index (χ2n) is 19.3. The molecule has 0 saturated carbocycles. The highest BCUT2D eigenvalue weighted by atomic mass is 16.8. The molecule has 0 aromatic carbocycles. The Balaban J connectivity index is 1.36. The van der Waals surface area contributed by atoms with Gasteiger partial charge >= 0.3 is 5.97 Å². The third-order valence-electron chi connectivity index (χ3n) is 15.4. The molecule has 4 saturated heterocycles. The number of carbonyl (C=O) groups is 2. The predicted octanol–water partition coefficient (Wildman–Crippen LogP) is 7.59. The minimum absolute atomic E-state index is 0.0271. The van der Waals surface area contributed by atoms with Crippen LogP contribution in [0.3, 0.4) is 0 Å². The van der Waals surface area contributed by atoms with Crippen LogP contribution in [-0.4, -0.2) is 99.1 Å². The first-order valence-electron chi connectivity index (χ1n) is 22.8. The van der Waals surface area contributed by atoms with E-state index in [9.17, 15) is 24.9 Å². The first kappa shape index (κ1) is 46.6. The van der Waals surface area contributed by atoms with Crippen molar-refractivity contribution in [2.75, 3.05) is 6.54 Å². The Morgan fingerprint density at radius 3 is 2.21 bits per heavy atom. The van der Waals surface area contributed by atoms with Gasteiger partial charge in [0.15, 0.2) is 11.6 Å². The van der Waals surface area contributed by atoms with Crippen LogP contribution >= 0.6 is 0 Å². The molecule has 5 aliphatic heterocycles. The SMILES string of the molecule is CCCCN[C@H]1C=C[C@]2(O[C@H]([C@@H](CC)C(=O)[C@@H](C)[C@@H](O)[C@H](C)[C@@H]3O[C@@H]([C@@H](CC)C(=O)O)CC[C@@H]3C)[C@@H](C)C[C@H]2C)O[C@@]12CC[C@@](C)([C@H]1CC[C@](O)(CC)[C@H](C)O1)O2. The van der Waals surface area contributed by atoms with Crippen molar-refractivity contribution in [1.82, 2.24) is 5.32 Å². The Labute approximate surface area is 343 Å². The van der Waals surface area contributed by atoms with Gasteiger partial charge < -0.3 is 44.3 Å². The topological polar surface area (TPSA) is 153 Å². The molecule has 5 heterocycles. The number of ketones is 1. The fraction of sp³-hybridized carbons (Fsp3) is 0.913. The standard InChI is InChI=1S/C46H79NO10/c1-12-16-25-47-36-19-22-45(57-46(36)24-23-43(11,56-46)37-20-21-44(52,15-4)32(10)53-37)29(7)26-28(6)41(55-45)34(14-3)39(49)30(8)38(48)31(9)40-27(5)17-18-35(54-40)33(13-2)42(50)51/h19,22,27-38,40-41,47-48,52H,12-18,20-21,23-26H2,1-11H3,(H,50,51)/t27-,28-,29+,30-,31-,32-,33+,34-,35+,36-,37+,38+,40+,41-,43-,44+,45-,46-/m0/s1. The third kappa shape index (κ3) is 9.26. The Morgan fingerprint density at radius 1 is 0.895 bits per heavy atom. The Bertz CT molecular complexity index is 1390. The van der Waals surface area contributed by atoms with Crippen LogP contribution in [0.25, 0.3) is 0 Å². The second-order valence-corrected chi connectivity index (χ2v) is 19.3. The number of hydrogen-bond acceptors (Lipinski definition) is 10. The second kappa shape index (κ2) is 18.7. The highest BCUT2D eigenvalue weighted by molar-refractivity contribution is 5.84. The smallest absolute Gasteiger partial charge is 0.309 e. The van der Waals surface area contributed by atoms with E-state index in [0.29, 0.717) is 44.9 Å². The van der Waals surface area contributed by atoms with Gasteiger partial charge in [-0.2, -0.15) is 0 Å². The van der Waals surface area contributed by atoms with Crippen LogP contribution in [0.5, 0.6) is 0 Å². The normalized spacial score (nSPS) is 43.8. The molecule has 0 aliphatic carbocycles. The van der Waals surface area contributed by atoms with E-state index >= 15 is 0 Å². The summed E-state index contributed by atoms with van der Waals surface area (Å²) >= 11 is 0. The lowest BCUT2D eigenvalue weighted by Gasteiger charge is -2.55. The zero-order valence-corrected chi connectivity index (χ0v) is 37.1. The number of nitrogens with one attached hydrogen (secondary N) is 1. The first-order valence-corrected chi connectivity index (χ1v) is 22.8. The van der Waals surface area contributed by atoms with Gasteiger partial charge in [0.05, 0.1) is 59.8 Å². The third-order valence-corrected chi connectivity index (χ3v) is 15.4. The summed E-state index contributed by atoms with van der Waals surface area (Å²) in [5.41, 5.74) is -1.48. The van der Waals surface area contributed by atoms with Gasteiger partial charge in [-0.05, 0) is 103 Å². The summed E-state index contributed by atoms with van der Waals surface area (Å²) in [5, 5.41) is 36.6. The molecule has 0 aromatic rings. The Kier molecular flexibility index (Phi) is 15.3. The van der Waals surface area contributed by atoms with Crippen LogP contribution in [0.15, 0.2) is 12.2 Å². The van der Waals surface area contributed by atoms with Gasteiger partial charge in [0.2, 0.25) is 0 Å². The van der Waals surface area contributed by atoms with E-state index in [1.54, 1.807) is 0 Å². The van der Waals surface area contributed by atoms with E-state index in [-0.39, 0.29) is 53.8 Å². The van der Waals surface area contributed by atoms with Crippen molar-refractivity contribution in [3.63, 3.8) is 0 Å². The van der Waals surface area contributed by atoms with Crippen molar-refractivity contribution in [3.8, 4) is 0 Å². The van der Waals surface area contributed by atoms with Crippen LogP contribution < -0.4 is 5.32 Å². The fourth-order valence-electron chi connectivity index (χ4n) is 11.2. The molecule has 4 N–H and O–H groups in total. The summed E-state index contributed by atoms with van der Waals surface area (Å²) in [6.07, 6.45) is 10.2. The minimum Gasteiger partial charge on any atom is -0.481 e. The zero-order chi connectivity index (χ0) is 42.1. The Morgan fingerprint density at radius 2 is 1.60 bits per heavy atom. The molecule has 11 nitrogen and oxygen atoms in total. The van der Waals surface area contributed by atoms with E-state index in [1.165, 1.54) is 0 Å². The van der Waals surface area contributed by atoms with Gasteiger partial charge in [-0.25, -0.2) is 0 Å². The average molecular weight is 806 g/mol. The van der Waals surface area contributed by atoms with Crippen molar-refractivity contribution >= 4 is 11.8 Å². The van der Waals surface area contributed by atoms with Gasteiger partial charge in [-0.1, -0.05) is 74.8 Å². The van der Waals surface area contributed by atoms with Crippen LogP contribution in [-0.2, 0) is 33.3 Å². The molecule has 0 unspecified atom stereocenters. The van der Waals surface area contributed by atoms with Crippen molar-refractivity contribution in [1.29, 1.82) is 0 Å². The number of aliphatic carboxylic acids is 1. The highest BCUT2D eigenvalue weighted by Gasteiger charge is 2.63. The summed E-state index contributed by atoms with van der Waals surface area (Å²) in [5.74, 6) is -5.03. The molecular formula is C46H79NO10. The van der Waals surface area contributed by atoms with Crippen LogP contribution in [0.4, 0.5) is 0 Å². The van der Waals surface area contributed by atoms with Gasteiger partial charge in [0, 0.05) is 30.1 Å². The van der Waals surface area contributed by atoms with Crippen molar-refractivity contribution in [3.05, 3.63) is 12.2 Å². The van der Waals surface area contributed by atoms with Crippen molar-refractivity contribution < 1.29 is 48.6 Å². The first-order chi connectivity index (χ1) is 26.8. The molecule has 0 amide bonds. The molecule has 0 bridgehead atoms. The van der Waals surface area contributed by atoms with Gasteiger partial charge in [-0.15, -0.1) is 0 Å². The number of aliphatic hydroxyl groups is 2. The Hall–Kier alpha value is -1.44. The summed E-state index contributed by atoms with van der Waals surface area (Å²) in [4.78, 5) is 26.6. The largest absolute Gasteiger partial charge is 0.481 e. The fourth-order valence-corrected chi connectivity index (χ4v) is 11.2. The molecule has 5 aliphatic rings. The van der Waals surface area contributed by atoms with Crippen molar-refractivity contribution in [2.24, 2.45) is 41.4 Å². The molecule has 57 heavy (non-hydrogen) atoms. The maximum Gasteiger partial charge on any atom is 0.309 e. The summed E-state index contributed by atoms with van der Waals surface area (Å²) in [6, 6.07) is -0.217. The number of ether oxygens (including phenoxy) is 5. The van der Waals surface area contributed by atoms with Gasteiger partial charge in [0.1, 0.15) is 5.78 Å². The lowest BCUT2D eigenvalue weighted by Crippen LogP contribution is -2.65. The number of hydrogen-bond donors (Lipinski definition) is 4. The van der Waals surface area contributed by atoms with E-state index in [2.05, 4.69) is 52.1 Å². The maximum absolute atomic E-state index is 14.6. The number of carboxylic acid groups (broad SMARTS) is 1. The lowest BCUT2D eigenvalue weighted by atomic mass is 9.72. The number of aliphatic hydroxyl groups excluding tert-OH is 1. The predicted molar refractivity (Wildman–Crippen MR) is 219 cm³/mol. The van der Waals surface area contributed by atoms with E-state index in [0.717, 1.165) is 38.6 Å². The van der Waals surface area contributed by atoms with Gasteiger partial charge in [0.25, 0.3) is 0 Å². The van der Waals surface area contributed by atoms with Crippen LogP contribution in [0, 0.1) is 41.4 Å².